The van der Waals surface area contributed by atoms with Crippen LogP contribution in [0.1, 0.15) is 17.8 Å². The van der Waals surface area contributed by atoms with E-state index < -0.39 is 0 Å². The minimum absolute atomic E-state index is 0.154. The molecule has 1 aromatic carbocycles. The number of carbonyl (C=O) groups is 1. The summed E-state index contributed by atoms with van der Waals surface area (Å²) in [7, 11) is 0. The molecule has 0 saturated carbocycles. The Hall–Kier alpha value is -3.23. The van der Waals surface area contributed by atoms with E-state index in [-0.39, 0.29) is 11.9 Å². The van der Waals surface area contributed by atoms with Gasteiger partial charge in [0.1, 0.15) is 6.04 Å². The van der Waals surface area contributed by atoms with Crippen LogP contribution in [0.15, 0.2) is 76.6 Å². The Kier molecular flexibility index (Phi) is 4.49. The number of carbonyl (C=O) groups excluding carboxylic acids is 1. The molecule has 5 rings (SSSR count). The van der Waals surface area contributed by atoms with E-state index in [4.69, 9.17) is 5.10 Å². The van der Waals surface area contributed by atoms with Crippen LogP contribution in [-0.2, 0) is 4.79 Å². The van der Waals surface area contributed by atoms with Crippen molar-refractivity contribution < 1.29 is 4.79 Å². The summed E-state index contributed by atoms with van der Waals surface area (Å²) in [5.74, 6) is 1.14. The fraction of sp³-hybridized carbons (Fsp3) is 0.0952. The number of aromatic nitrogens is 3. The maximum absolute atomic E-state index is 13.3. The molecule has 29 heavy (non-hydrogen) atoms. The summed E-state index contributed by atoms with van der Waals surface area (Å²) in [5, 5.41) is 15.0. The normalized spacial score (nSPS) is 15.7. The third-order valence-corrected chi connectivity index (χ3v) is 6.47. The van der Waals surface area contributed by atoms with Crippen LogP contribution in [-0.4, -0.2) is 20.7 Å². The minimum Gasteiger partial charge on any atom is -0.328 e. The summed E-state index contributed by atoms with van der Waals surface area (Å²) >= 11 is 3.19. The van der Waals surface area contributed by atoms with Crippen molar-refractivity contribution in [3.63, 3.8) is 0 Å². The second kappa shape index (κ2) is 7.31. The molecule has 4 aromatic rings. The highest BCUT2D eigenvalue weighted by atomic mass is 32.1. The van der Waals surface area contributed by atoms with Gasteiger partial charge in [-0.25, -0.2) is 4.68 Å². The Morgan fingerprint density at radius 2 is 1.86 bits per heavy atom. The number of para-hydroxylation sites is 1. The molecule has 1 unspecified atom stereocenters. The van der Waals surface area contributed by atoms with E-state index in [9.17, 15) is 4.79 Å². The molecule has 2 N–H and O–H groups in total. The highest BCUT2D eigenvalue weighted by molar-refractivity contribution is 7.13. The van der Waals surface area contributed by atoms with Gasteiger partial charge in [0.2, 0.25) is 5.95 Å². The average Bonchev–Trinajstić information content (AvgIpc) is 3.48. The van der Waals surface area contributed by atoms with Gasteiger partial charge in [0.05, 0.1) is 10.5 Å². The molecule has 0 fully saturated rings. The number of nitrogens with one attached hydrogen (secondary N) is 2. The van der Waals surface area contributed by atoms with Crippen LogP contribution in [0.25, 0.3) is 10.7 Å². The Bertz CT molecular complexity index is 1180. The van der Waals surface area contributed by atoms with Gasteiger partial charge in [0.25, 0.3) is 5.91 Å². The molecule has 1 atom stereocenters. The monoisotopic (exact) mass is 419 g/mol. The number of rotatable bonds is 4. The second-order valence-corrected chi connectivity index (χ2v) is 8.51. The van der Waals surface area contributed by atoms with E-state index in [0.717, 1.165) is 21.1 Å². The largest absolute Gasteiger partial charge is 0.328 e. The lowest BCUT2D eigenvalue weighted by Crippen LogP contribution is -2.31. The topological polar surface area (TPSA) is 71.8 Å². The molecular formula is C21H17N5OS2. The van der Waals surface area contributed by atoms with E-state index in [1.807, 2.05) is 77.0 Å². The van der Waals surface area contributed by atoms with Crippen molar-refractivity contribution in [1.29, 1.82) is 0 Å². The molecule has 1 aliphatic heterocycles. The molecule has 0 radical (unpaired) electrons. The fourth-order valence-corrected chi connectivity index (χ4v) is 4.86. The van der Waals surface area contributed by atoms with Crippen molar-refractivity contribution in [1.82, 2.24) is 14.8 Å². The highest BCUT2D eigenvalue weighted by Crippen LogP contribution is 2.38. The number of anilines is 2. The van der Waals surface area contributed by atoms with E-state index in [1.54, 1.807) is 22.7 Å². The highest BCUT2D eigenvalue weighted by Gasteiger charge is 2.35. The first kappa shape index (κ1) is 17.8. The predicted octanol–water partition coefficient (Wildman–Crippen LogP) is 5.00. The van der Waals surface area contributed by atoms with Gasteiger partial charge in [-0.3, -0.25) is 4.79 Å². The maximum Gasteiger partial charge on any atom is 0.255 e. The standard InChI is InChI=1S/C21H17N5OS2/c1-13-17(20(27)23-14-7-3-2-4-8-14)18(15-9-5-11-28-15)26-21(22-13)24-19(25-26)16-10-6-12-29-16/h2-12,18H,1H3,(H,23,27)(H,22,24,25). The molecule has 4 heterocycles. The predicted molar refractivity (Wildman–Crippen MR) is 117 cm³/mol. The molecule has 1 amide bonds. The van der Waals surface area contributed by atoms with Gasteiger partial charge in [-0.2, -0.15) is 4.98 Å². The van der Waals surface area contributed by atoms with Gasteiger partial charge in [-0.15, -0.1) is 27.8 Å². The summed E-state index contributed by atoms with van der Waals surface area (Å²) in [6.07, 6.45) is 0. The summed E-state index contributed by atoms with van der Waals surface area (Å²) in [4.78, 5) is 20.0. The van der Waals surface area contributed by atoms with Gasteiger partial charge >= 0.3 is 0 Å². The molecule has 0 spiro atoms. The van der Waals surface area contributed by atoms with Crippen molar-refractivity contribution in [3.05, 3.63) is 81.5 Å². The summed E-state index contributed by atoms with van der Waals surface area (Å²) in [5.41, 5.74) is 2.16. The molecule has 0 aliphatic carbocycles. The molecule has 3 aromatic heterocycles. The molecule has 144 valence electrons. The van der Waals surface area contributed by atoms with Crippen molar-refractivity contribution in [2.24, 2.45) is 0 Å². The zero-order chi connectivity index (χ0) is 19.8. The quantitative estimate of drug-likeness (QED) is 0.488. The van der Waals surface area contributed by atoms with E-state index >= 15 is 0 Å². The fourth-order valence-electron chi connectivity index (χ4n) is 3.39. The molecular weight excluding hydrogens is 402 g/mol. The molecule has 0 saturated heterocycles. The Morgan fingerprint density at radius 1 is 1.07 bits per heavy atom. The first-order valence-corrected chi connectivity index (χ1v) is 10.8. The summed E-state index contributed by atoms with van der Waals surface area (Å²) in [6, 6.07) is 17.1. The molecule has 6 nitrogen and oxygen atoms in total. The van der Waals surface area contributed by atoms with Crippen LogP contribution in [0.4, 0.5) is 11.6 Å². The lowest BCUT2D eigenvalue weighted by molar-refractivity contribution is -0.113. The van der Waals surface area contributed by atoms with E-state index in [0.29, 0.717) is 17.3 Å². The number of hydrogen-bond donors (Lipinski definition) is 2. The van der Waals surface area contributed by atoms with Gasteiger partial charge in [0, 0.05) is 16.3 Å². The first-order valence-electron chi connectivity index (χ1n) is 9.09. The Balaban J connectivity index is 1.58. The Labute approximate surface area is 175 Å². The molecule has 8 heteroatoms. The van der Waals surface area contributed by atoms with Crippen LogP contribution in [0.3, 0.4) is 0 Å². The number of benzene rings is 1. The third kappa shape index (κ3) is 3.26. The van der Waals surface area contributed by atoms with Crippen LogP contribution in [0.2, 0.25) is 0 Å². The van der Waals surface area contributed by atoms with E-state index in [1.165, 1.54) is 0 Å². The number of thiophene rings is 2. The van der Waals surface area contributed by atoms with Crippen molar-refractivity contribution in [2.75, 3.05) is 10.6 Å². The first-order chi connectivity index (χ1) is 14.2. The van der Waals surface area contributed by atoms with Gasteiger partial charge in [-0.1, -0.05) is 30.3 Å². The Morgan fingerprint density at radius 3 is 2.59 bits per heavy atom. The SMILES string of the molecule is CC1=C(C(=O)Nc2ccccc2)C(c2cccs2)n2nc(-c3cccs3)nc2N1. The van der Waals surface area contributed by atoms with Crippen LogP contribution in [0.5, 0.6) is 0 Å². The molecule has 0 bridgehead atoms. The number of allylic oxidation sites excluding steroid dienone is 1. The third-order valence-electron chi connectivity index (χ3n) is 4.68. The summed E-state index contributed by atoms with van der Waals surface area (Å²) < 4.78 is 1.81. The van der Waals surface area contributed by atoms with Gasteiger partial charge in [-0.05, 0) is 41.9 Å². The number of hydrogen-bond acceptors (Lipinski definition) is 6. The van der Waals surface area contributed by atoms with Crippen LogP contribution >= 0.6 is 22.7 Å². The average molecular weight is 420 g/mol. The molecule has 1 aliphatic rings. The lowest BCUT2D eigenvalue weighted by Gasteiger charge is -2.27. The number of nitrogens with zero attached hydrogens (tertiary/aromatic N) is 3. The number of fused-ring (bicyclic) bond motifs is 1. The van der Waals surface area contributed by atoms with Crippen molar-refractivity contribution >= 4 is 40.2 Å². The lowest BCUT2D eigenvalue weighted by atomic mass is 10.0. The smallest absolute Gasteiger partial charge is 0.255 e. The zero-order valence-electron chi connectivity index (χ0n) is 15.5. The number of amides is 1. The maximum atomic E-state index is 13.3. The van der Waals surface area contributed by atoms with E-state index in [2.05, 4.69) is 15.6 Å². The summed E-state index contributed by atoms with van der Waals surface area (Å²) in [6.45, 7) is 1.91. The minimum atomic E-state index is -0.337. The zero-order valence-corrected chi connectivity index (χ0v) is 17.1. The van der Waals surface area contributed by atoms with Gasteiger partial charge < -0.3 is 10.6 Å². The second-order valence-electron chi connectivity index (χ2n) is 6.58. The van der Waals surface area contributed by atoms with Crippen molar-refractivity contribution in [3.8, 4) is 10.7 Å². The van der Waals surface area contributed by atoms with Crippen LogP contribution in [0, 0.1) is 0 Å². The van der Waals surface area contributed by atoms with Crippen LogP contribution < -0.4 is 10.6 Å². The van der Waals surface area contributed by atoms with Crippen molar-refractivity contribution in [2.45, 2.75) is 13.0 Å². The van der Waals surface area contributed by atoms with Gasteiger partial charge in [0.15, 0.2) is 5.82 Å².